The van der Waals surface area contributed by atoms with Gasteiger partial charge < -0.3 is 10.6 Å². The number of anilines is 1. The number of pyridine rings is 1. The third-order valence-electron chi connectivity index (χ3n) is 3.87. The van der Waals surface area contributed by atoms with E-state index in [1.807, 2.05) is 0 Å². The number of rotatable bonds is 5. The lowest BCUT2D eigenvalue weighted by Gasteiger charge is -2.27. The van der Waals surface area contributed by atoms with Gasteiger partial charge in [0, 0.05) is 41.8 Å². The van der Waals surface area contributed by atoms with Gasteiger partial charge in [-0.2, -0.15) is 11.3 Å². The summed E-state index contributed by atoms with van der Waals surface area (Å²) < 4.78 is 0. The van der Waals surface area contributed by atoms with Gasteiger partial charge in [0.25, 0.3) is 0 Å². The first-order valence-electron chi connectivity index (χ1n) is 7.14. The second kappa shape index (κ2) is 5.54. The lowest BCUT2D eigenvalue weighted by atomic mass is 10.1. The maximum absolute atomic E-state index is 5.97. The van der Waals surface area contributed by atoms with E-state index in [4.69, 9.17) is 5.73 Å². The molecular formula is C16H21N3S. The van der Waals surface area contributed by atoms with Crippen molar-refractivity contribution in [2.45, 2.75) is 45.8 Å². The molecule has 1 aliphatic carbocycles. The Kier molecular flexibility index (Phi) is 3.76. The van der Waals surface area contributed by atoms with Gasteiger partial charge in [-0.15, -0.1) is 0 Å². The predicted molar refractivity (Wildman–Crippen MR) is 85.1 cm³/mol. The molecule has 2 heterocycles. The summed E-state index contributed by atoms with van der Waals surface area (Å²) in [7, 11) is 0. The van der Waals surface area contributed by atoms with Crippen LogP contribution in [0, 0.1) is 13.8 Å². The van der Waals surface area contributed by atoms with Gasteiger partial charge in [-0.05, 0) is 55.1 Å². The monoisotopic (exact) mass is 287 g/mol. The van der Waals surface area contributed by atoms with E-state index in [1.54, 1.807) is 11.3 Å². The van der Waals surface area contributed by atoms with Crippen molar-refractivity contribution in [1.29, 1.82) is 0 Å². The van der Waals surface area contributed by atoms with E-state index < -0.39 is 0 Å². The quantitative estimate of drug-likeness (QED) is 0.916. The SMILES string of the molecule is Cc1cc(N(Cc2ccsc2)C2CC2)c(CN)c(C)n1. The standard InChI is InChI=1S/C16H21N3S/c1-11-7-16(15(8-17)12(2)18-11)19(14-3-4-14)9-13-5-6-20-10-13/h5-7,10,14H,3-4,8-9,17H2,1-2H3. The van der Waals surface area contributed by atoms with Crippen molar-refractivity contribution in [3.8, 4) is 0 Å². The number of nitrogens with zero attached hydrogens (tertiary/aromatic N) is 2. The Bertz CT molecular complexity index is 588. The summed E-state index contributed by atoms with van der Waals surface area (Å²) in [4.78, 5) is 7.08. The second-order valence-electron chi connectivity index (χ2n) is 5.54. The average molecular weight is 287 g/mol. The lowest BCUT2D eigenvalue weighted by Crippen LogP contribution is -2.27. The molecule has 3 rings (SSSR count). The summed E-state index contributed by atoms with van der Waals surface area (Å²) in [6.45, 7) is 5.66. The molecule has 4 heteroatoms. The molecule has 106 valence electrons. The summed E-state index contributed by atoms with van der Waals surface area (Å²) in [6, 6.07) is 5.07. The van der Waals surface area contributed by atoms with Gasteiger partial charge in [0.05, 0.1) is 0 Å². The van der Waals surface area contributed by atoms with Crippen LogP contribution in [0.25, 0.3) is 0 Å². The second-order valence-corrected chi connectivity index (χ2v) is 6.32. The van der Waals surface area contributed by atoms with Crippen molar-refractivity contribution in [3.63, 3.8) is 0 Å². The average Bonchev–Trinajstić information content (AvgIpc) is 3.12. The van der Waals surface area contributed by atoms with Gasteiger partial charge in [0.2, 0.25) is 0 Å². The maximum atomic E-state index is 5.97. The van der Waals surface area contributed by atoms with Crippen LogP contribution in [0.4, 0.5) is 5.69 Å². The molecule has 0 aliphatic heterocycles. The van der Waals surface area contributed by atoms with Crippen molar-refractivity contribution in [2.24, 2.45) is 5.73 Å². The summed E-state index contributed by atoms with van der Waals surface area (Å²) in [5, 5.41) is 4.38. The Balaban J connectivity index is 1.98. The molecule has 0 spiro atoms. The molecule has 0 radical (unpaired) electrons. The maximum Gasteiger partial charge on any atom is 0.0453 e. The molecule has 0 atom stereocenters. The first-order chi connectivity index (χ1) is 9.69. The van der Waals surface area contributed by atoms with E-state index in [-0.39, 0.29) is 0 Å². The van der Waals surface area contributed by atoms with E-state index in [0.717, 1.165) is 17.9 Å². The molecule has 1 aliphatic rings. The molecular weight excluding hydrogens is 266 g/mol. The van der Waals surface area contributed by atoms with Crippen LogP contribution in [0.5, 0.6) is 0 Å². The molecule has 0 bridgehead atoms. The van der Waals surface area contributed by atoms with Gasteiger partial charge in [-0.1, -0.05) is 0 Å². The predicted octanol–water partition coefficient (Wildman–Crippen LogP) is 3.39. The number of thiophene rings is 1. The highest BCUT2D eigenvalue weighted by Gasteiger charge is 2.31. The van der Waals surface area contributed by atoms with Crippen LogP contribution in [0.2, 0.25) is 0 Å². The zero-order chi connectivity index (χ0) is 14.1. The normalized spacial score (nSPS) is 14.6. The molecule has 0 aromatic carbocycles. The first-order valence-corrected chi connectivity index (χ1v) is 8.08. The molecule has 0 saturated heterocycles. The largest absolute Gasteiger partial charge is 0.364 e. The van der Waals surface area contributed by atoms with E-state index in [9.17, 15) is 0 Å². The lowest BCUT2D eigenvalue weighted by molar-refractivity contribution is 0.781. The van der Waals surface area contributed by atoms with Crippen molar-refractivity contribution in [2.75, 3.05) is 4.90 Å². The Morgan fingerprint density at radius 3 is 2.80 bits per heavy atom. The molecule has 2 N–H and O–H groups in total. The van der Waals surface area contributed by atoms with Crippen LogP contribution >= 0.6 is 11.3 Å². The van der Waals surface area contributed by atoms with Crippen molar-refractivity contribution >= 4 is 17.0 Å². The molecule has 0 unspecified atom stereocenters. The fourth-order valence-electron chi connectivity index (χ4n) is 2.72. The Hall–Kier alpha value is -1.39. The number of hydrogen-bond acceptors (Lipinski definition) is 4. The molecule has 20 heavy (non-hydrogen) atoms. The number of aromatic nitrogens is 1. The van der Waals surface area contributed by atoms with Gasteiger partial charge in [0.15, 0.2) is 0 Å². The fraction of sp³-hybridized carbons (Fsp3) is 0.438. The zero-order valence-corrected chi connectivity index (χ0v) is 12.9. The molecule has 1 fully saturated rings. The Morgan fingerprint density at radius 2 is 2.20 bits per heavy atom. The zero-order valence-electron chi connectivity index (χ0n) is 12.1. The van der Waals surface area contributed by atoms with Crippen LogP contribution in [-0.2, 0) is 13.1 Å². The minimum Gasteiger partial charge on any atom is -0.364 e. The minimum atomic E-state index is 0.557. The molecule has 2 aromatic rings. The third kappa shape index (κ3) is 2.72. The minimum absolute atomic E-state index is 0.557. The van der Waals surface area contributed by atoms with Crippen LogP contribution in [0.15, 0.2) is 22.9 Å². The van der Waals surface area contributed by atoms with Gasteiger partial charge in [0.1, 0.15) is 0 Å². The van der Waals surface area contributed by atoms with Gasteiger partial charge in [-0.3, -0.25) is 4.98 Å². The molecule has 3 nitrogen and oxygen atoms in total. The van der Waals surface area contributed by atoms with Crippen LogP contribution < -0.4 is 10.6 Å². The van der Waals surface area contributed by atoms with Crippen molar-refractivity contribution in [1.82, 2.24) is 4.98 Å². The topological polar surface area (TPSA) is 42.1 Å². The van der Waals surface area contributed by atoms with E-state index in [0.29, 0.717) is 12.6 Å². The highest BCUT2D eigenvalue weighted by Crippen LogP contribution is 2.36. The molecule has 2 aromatic heterocycles. The third-order valence-corrected chi connectivity index (χ3v) is 4.60. The Morgan fingerprint density at radius 1 is 1.40 bits per heavy atom. The van der Waals surface area contributed by atoms with E-state index in [2.05, 4.69) is 46.6 Å². The smallest absolute Gasteiger partial charge is 0.0453 e. The summed E-state index contributed by atoms with van der Waals surface area (Å²) in [5.41, 5.74) is 12.0. The van der Waals surface area contributed by atoms with Crippen molar-refractivity contribution < 1.29 is 0 Å². The highest BCUT2D eigenvalue weighted by molar-refractivity contribution is 7.07. The van der Waals surface area contributed by atoms with Gasteiger partial charge >= 0.3 is 0 Å². The summed E-state index contributed by atoms with van der Waals surface area (Å²) in [5.74, 6) is 0. The summed E-state index contributed by atoms with van der Waals surface area (Å²) in [6.07, 6.45) is 2.57. The number of aryl methyl sites for hydroxylation is 2. The van der Waals surface area contributed by atoms with Crippen LogP contribution in [0.3, 0.4) is 0 Å². The van der Waals surface area contributed by atoms with Crippen LogP contribution in [0.1, 0.15) is 35.4 Å². The highest BCUT2D eigenvalue weighted by atomic mass is 32.1. The number of nitrogens with two attached hydrogens (primary N) is 1. The number of hydrogen-bond donors (Lipinski definition) is 1. The van der Waals surface area contributed by atoms with E-state index in [1.165, 1.54) is 29.7 Å². The first kappa shape index (κ1) is 13.6. The molecule has 1 saturated carbocycles. The van der Waals surface area contributed by atoms with Crippen LogP contribution in [-0.4, -0.2) is 11.0 Å². The summed E-state index contributed by atoms with van der Waals surface area (Å²) >= 11 is 1.76. The molecule has 0 amide bonds. The van der Waals surface area contributed by atoms with Crippen molar-refractivity contribution in [3.05, 3.63) is 45.4 Å². The van der Waals surface area contributed by atoms with Gasteiger partial charge in [-0.25, -0.2) is 0 Å². The Labute approximate surface area is 124 Å². The van der Waals surface area contributed by atoms with E-state index >= 15 is 0 Å². The fourth-order valence-corrected chi connectivity index (χ4v) is 3.38.